The number of nitrogens with one attached hydrogen (secondary N) is 1. The summed E-state index contributed by atoms with van der Waals surface area (Å²) in [6.45, 7) is 0. The van der Waals surface area contributed by atoms with E-state index >= 15 is 0 Å². The summed E-state index contributed by atoms with van der Waals surface area (Å²) in [4.78, 5) is -0.207. The Morgan fingerprint density at radius 1 is 0.828 bits per heavy atom. The molecule has 0 fully saturated rings. The second-order valence-electron chi connectivity index (χ2n) is 5.87. The first-order valence-electron chi connectivity index (χ1n) is 8.31. The van der Waals surface area contributed by atoms with Gasteiger partial charge in [-0.05, 0) is 48.5 Å². The van der Waals surface area contributed by atoms with Gasteiger partial charge in [0.05, 0.1) is 23.3 Å². The maximum Gasteiger partial charge on any atom is 0.418 e. The number of sulfonamides is 1. The highest BCUT2D eigenvalue weighted by Gasteiger charge is 2.34. The summed E-state index contributed by atoms with van der Waals surface area (Å²) in [6, 6.07) is 16.5. The summed E-state index contributed by atoms with van der Waals surface area (Å²) in [5.74, 6) is 1.27. The molecule has 0 unspecified atom stereocenters. The number of ether oxygens (including phenoxy) is 2. The molecule has 3 rings (SSSR count). The molecule has 5 nitrogen and oxygen atoms in total. The van der Waals surface area contributed by atoms with Gasteiger partial charge in [0.2, 0.25) is 0 Å². The van der Waals surface area contributed by atoms with Crippen LogP contribution in [0.5, 0.6) is 17.2 Å². The third kappa shape index (κ3) is 4.80. The fourth-order valence-electron chi connectivity index (χ4n) is 2.54. The number of rotatable bonds is 6. The van der Waals surface area contributed by atoms with Crippen LogP contribution in [0.25, 0.3) is 0 Å². The molecule has 3 aromatic rings. The second kappa shape index (κ2) is 8.04. The monoisotopic (exact) mass is 423 g/mol. The van der Waals surface area contributed by atoms with Crippen LogP contribution in [0.3, 0.4) is 0 Å². The van der Waals surface area contributed by atoms with Crippen molar-refractivity contribution in [2.75, 3.05) is 11.8 Å². The lowest BCUT2D eigenvalue weighted by Crippen LogP contribution is -2.17. The van der Waals surface area contributed by atoms with E-state index in [1.165, 1.54) is 43.5 Å². The van der Waals surface area contributed by atoms with Gasteiger partial charge in [-0.2, -0.15) is 13.2 Å². The molecule has 9 heteroatoms. The molecule has 0 aliphatic heterocycles. The Morgan fingerprint density at radius 2 is 1.41 bits per heavy atom. The molecule has 0 aliphatic carbocycles. The predicted molar refractivity (Wildman–Crippen MR) is 102 cm³/mol. The summed E-state index contributed by atoms with van der Waals surface area (Å²) in [5.41, 5.74) is -1.62. The molecule has 152 valence electrons. The van der Waals surface area contributed by atoms with E-state index in [0.29, 0.717) is 17.2 Å². The number of alkyl halides is 3. The van der Waals surface area contributed by atoms with Crippen LogP contribution in [0.4, 0.5) is 18.9 Å². The molecule has 29 heavy (non-hydrogen) atoms. The Balaban J connectivity index is 1.83. The van der Waals surface area contributed by atoms with Gasteiger partial charge in [0.25, 0.3) is 10.0 Å². The standard InChI is InChI=1S/C20H16F3NO4S/c1-27-18-8-4-5-9-19(18)28-14-10-12-15(13-11-14)29(25,26)24-17-7-3-2-6-16(17)20(21,22)23/h2-13,24H,1H3. The molecule has 0 saturated heterocycles. The van der Waals surface area contributed by atoms with E-state index in [9.17, 15) is 21.6 Å². The van der Waals surface area contributed by atoms with Crippen LogP contribution in [0.1, 0.15) is 5.56 Å². The quantitative estimate of drug-likeness (QED) is 0.584. The van der Waals surface area contributed by atoms with Gasteiger partial charge in [-0.25, -0.2) is 8.42 Å². The van der Waals surface area contributed by atoms with Crippen molar-refractivity contribution in [1.82, 2.24) is 0 Å². The second-order valence-corrected chi connectivity index (χ2v) is 7.56. The van der Waals surface area contributed by atoms with E-state index in [2.05, 4.69) is 0 Å². The topological polar surface area (TPSA) is 64.6 Å². The molecule has 3 aromatic carbocycles. The molecule has 0 saturated carbocycles. The van der Waals surface area contributed by atoms with Crippen LogP contribution >= 0.6 is 0 Å². The Hall–Kier alpha value is -3.20. The number of benzene rings is 3. The minimum Gasteiger partial charge on any atom is -0.493 e. The van der Waals surface area contributed by atoms with Crippen LogP contribution in [0, 0.1) is 0 Å². The SMILES string of the molecule is COc1ccccc1Oc1ccc(S(=O)(=O)Nc2ccccc2C(F)(F)F)cc1. The lowest BCUT2D eigenvalue weighted by Gasteiger charge is -2.15. The summed E-state index contributed by atoms with van der Waals surface area (Å²) in [6.07, 6.45) is -4.69. The molecule has 0 bridgehead atoms. The van der Waals surface area contributed by atoms with Crippen LogP contribution in [-0.2, 0) is 16.2 Å². The lowest BCUT2D eigenvalue weighted by atomic mass is 10.2. The first-order chi connectivity index (χ1) is 13.7. The van der Waals surface area contributed by atoms with Gasteiger partial charge in [0, 0.05) is 0 Å². The molecule has 1 N–H and O–H groups in total. The zero-order valence-corrected chi connectivity index (χ0v) is 15.9. The van der Waals surface area contributed by atoms with Crippen molar-refractivity contribution >= 4 is 15.7 Å². The highest BCUT2D eigenvalue weighted by molar-refractivity contribution is 7.92. The van der Waals surface area contributed by atoms with Crippen LogP contribution in [-0.4, -0.2) is 15.5 Å². The Bertz CT molecular complexity index is 1100. The van der Waals surface area contributed by atoms with E-state index in [4.69, 9.17) is 9.47 Å². The molecule has 0 aliphatic rings. The largest absolute Gasteiger partial charge is 0.493 e. The van der Waals surface area contributed by atoms with Gasteiger partial charge in [0.15, 0.2) is 11.5 Å². The van der Waals surface area contributed by atoms with Crippen molar-refractivity contribution in [2.45, 2.75) is 11.1 Å². The average Bonchev–Trinajstić information content (AvgIpc) is 2.68. The fraction of sp³-hybridized carbons (Fsp3) is 0.100. The third-order valence-corrected chi connectivity index (χ3v) is 5.29. The number of hydrogen-bond donors (Lipinski definition) is 1. The first-order valence-corrected chi connectivity index (χ1v) is 9.79. The van der Waals surface area contributed by atoms with Gasteiger partial charge >= 0.3 is 6.18 Å². The number of para-hydroxylation sites is 3. The highest BCUT2D eigenvalue weighted by Crippen LogP contribution is 2.36. The first kappa shape index (κ1) is 20.5. The summed E-state index contributed by atoms with van der Waals surface area (Å²) in [5, 5.41) is 0. The number of methoxy groups -OCH3 is 1. The summed E-state index contributed by atoms with van der Waals surface area (Å²) < 4.78 is 77.1. The lowest BCUT2D eigenvalue weighted by molar-refractivity contribution is -0.136. The molecule has 0 atom stereocenters. The fourth-order valence-corrected chi connectivity index (χ4v) is 3.62. The van der Waals surface area contributed by atoms with Gasteiger partial charge in [-0.3, -0.25) is 4.72 Å². The maximum absolute atomic E-state index is 13.1. The average molecular weight is 423 g/mol. The molecule has 0 spiro atoms. The Morgan fingerprint density at radius 3 is 2.03 bits per heavy atom. The van der Waals surface area contributed by atoms with Crippen molar-refractivity contribution in [3.63, 3.8) is 0 Å². The van der Waals surface area contributed by atoms with E-state index in [0.717, 1.165) is 12.1 Å². The molecule has 0 heterocycles. The minimum absolute atomic E-state index is 0.207. The van der Waals surface area contributed by atoms with Crippen LogP contribution < -0.4 is 14.2 Å². The Kier molecular flexibility index (Phi) is 5.69. The molecular weight excluding hydrogens is 407 g/mol. The van der Waals surface area contributed by atoms with E-state index in [-0.39, 0.29) is 4.90 Å². The molecule has 0 radical (unpaired) electrons. The molecule has 0 aromatic heterocycles. The van der Waals surface area contributed by atoms with Crippen LogP contribution in [0.2, 0.25) is 0 Å². The molecule has 0 amide bonds. The predicted octanol–water partition coefficient (Wildman–Crippen LogP) is 5.31. The normalized spacial score (nSPS) is 11.7. The maximum atomic E-state index is 13.1. The Labute approximate surface area is 165 Å². The smallest absolute Gasteiger partial charge is 0.418 e. The van der Waals surface area contributed by atoms with E-state index < -0.39 is 27.5 Å². The van der Waals surface area contributed by atoms with Gasteiger partial charge in [-0.15, -0.1) is 0 Å². The van der Waals surface area contributed by atoms with Crippen molar-refractivity contribution < 1.29 is 31.1 Å². The van der Waals surface area contributed by atoms with Gasteiger partial charge in [-0.1, -0.05) is 24.3 Å². The summed E-state index contributed by atoms with van der Waals surface area (Å²) in [7, 11) is -2.74. The van der Waals surface area contributed by atoms with Gasteiger partial charge in [0.1, 0.15) is 5.75 Å². The van der Waals surface area contributed by atoms with Crippen LogP contribution in [0.15, 0.2) is 77.7 Å². The van der Waals surface area contributed by atoms with E-state index in [1.54, 1.807) is 24.3 Å². The van der Waals surface area contributed by atoms with Crippen molar-refractivity contribution in [2.24, 2.45) is 0 Å². The number of anilines is 1. The van der Waals surface area contributed by atoms with Crippen molar-refractivity contribution in [3.8, 4) is 17.2 Å². The minimum atomic E-state index is -4.69. The summed E-state index contributed by atoms with van der Waals surface area (Å²) >= 11 is 0. The van der Waals surface area contributed by atoms with Gasteiger partial charge < -0.3 is 9.47 Å². The zero-order valence-electron chi connectivity index (χ0n) is 15.1. The molecular formula is C20H16F3NO4S. The number of halogens is 3. The van der Waals surface area contributed by atoms with Crippen molar-refractivity contribution in [1.29, 1.82) is 0 Å². The third-order valence-electron chi connectivity index (χ3n) is 3.91. The number of hydrogen-bond acceptors (Lipinski definition) is 4. The highest BCUT2D eigenvalue weighted by atomic mass is 32.2. The zero-order chi connectivity index (χ0) is 21.1. The van der Waals surface area contributed by atoms with Crippen molar-refractivity contribution in [3.05, 3.63) is 78.4 Å². The van der Waals surface area contributed by atoms with E-state index in [1.807, 2.05) is 4.72 Å².